The van der Waals surface area contributed by atoms with E-state index < -0.39 is 0 Å². The van der Waals surface area contributed by atoms with Gasteiger partial charge >= 0.3 is 0 Å². The lowest BCUT2D eigenvalue weighted by atomic mass is 9.84. The maximum Gasteiger partial charge on any atom is 0.0872 e. The Morgan fingerprint density at radius 2 is 1.72 bits per heavy atom. The molecule has 18 heavy (non-hydrogen) atoms. The van der Waals surface area contributed by atoms with Gasteiger partial charge in [-0.1, -0.05) is 48.5 Å². The van der Waals surface area contributed by atoms with Gasteiger partial charge in [0.05, 0.1) is 19.3 Å². The molecule has 3 rings (SSSR count). The molecule has 2 aromatic carbocycles. The number of benzene rings is 2. The van der Waals surface area contributed by atoms with Gasteiger partial charge in [-0.3, -0.25) is 0 Å². The Balaban J connectivity index is 2.05. The molecule has 0 bridgehead atoms. The van der Waals surface area contributed by atoms with Crippen LogP contribution in [0.5, 0.6) is 0 Å². The number of ether oxygens (including phenoxy) is 1. The van der Waals surface area contributed by atoms with E-state index in [-0.39, 0.29) is 12.7 Å². The molecule has 2 heteroatoms. The zero-order valence-electron chi connectivity index (χ0n) is 10.2. The van der Waals surface area contributed by atoms with Crippen molar-refractivity contribution in [2.75, 3.05) is 13.2 Å². The summed E-state index contributed by atoms with van der Waals surface area (Å²) in [6, 6.07) is 16.8. The van der Waals surface area contributed by atoms with Gasteiger partial charge < -0.3 is 9.84 Å². The summed E-state index contributed by atoms with van der Waals surface area (Å²) in [6.45, 7) is 0.460. The topological polar surface area (TPSA) is 29.5 Å². The fourth-order valence-electron chi connectivity index (χ4n) is 2.64. The minimum Gasteiger partial charge on any atom is -0.394 e. The summed E-state index contributed by atoms with van der Waals surface area (Å²) in [5.74, 6) is 0. The average molecular weight is 240 g/mol. The van der Waals surface area contributed by atoms with Gasteiger partial charge in [0.15, 0.2) is 0 Å². The highest BCUT2D eigenvalue weighted by molar-refractivity contribution is 5.73. The van der Waals surface area contributed by atoms with E-state index >= 15 is 0 Å². The molecule has 0 fully saturated rings. The maximum atomic E-state index is 8.92. The van der Waals surface area contributed by atoms with Gasteiger partial charge in [-0.25, -0.2) is 0 Å². The first-order valence-electron chi connectivity index (χ1n) is 6.30. The molecule has 0 spiro atoms. The second-order valence-corrected chi connectivity index (χ2v) is 4.53. The molecule has 0 saturated carbocycles. The number of rotatable bonds is 3. The first-order valence-corrected chi connectivity index (χ1v) is 6.30. The maximum absolute atomic E-state index is 8.92. The SMILES string of the molecule is OCCOC1Cc2ccccc2-c2ccccc21. The highest BCUT2D eigenvalue weighted by Gasteiger charge is 2.24. The Hall–Kier alpha value is -1.64. The Labute approximate surface area is 107 Å². The van der Waals surface area contributed by atoms with Crippen molar-refractivity contribution >= 4 is 0 Å². The van der Waals surface area contributed by atoms with Crippen molar-refractivity contribution < 1.29 is 9.84 Å². The van der Waals surface area contributed by atoms with Crippen molar-refractivity contribution in [2.24, 2.45) is 0 Å². The molecule has 0 aromatic heterocycles. The Morgan fingerprint density at radius 3 is 2.56 bits per heavy atom. The lowest BCUT2D eigenvalue weighted by Crippen LogP contribution is -2.16. The minimum atomic E-state index is 0.0586. The molecule has 2 aromatic rings. The van der Waals surface area contributed by atoms with Crippen LogP contribution in [0.4, 0.5) is 0 Å². The van der Waals surface area contributed by atoms with Gasteiger partial charge in [-0.05, 0) is 22.3 Å². The second kappa shape index (κ2) is 4.92. The number of hydrogen-bond acceptors (Lipinski definition) is 2. The molecule has 0 heterocycles. The zero-order valence-corrected chi connectivity index (χ0v) is 10.2. The molecule has 1 N–H and O–H groups in total. The number of hydrogen-bond donors (Lipinski definition) is 1. The first-order chi connectivity index (χ1) is 8.90. The molecular weight excluding hydrogens is 224 g/mol. The molecular formula is C16H16O2. The zero-order chi connectivity index (χ0) is 12.4. The summed E-state index contributed by atoms with van der Waals surface area (Å²) in [5.41, 5.74) is 5.10. The Bertz CT molecular complexity index is 548. The summed E-state index contributed by atoms with van der Waals surface area (Å²) >= 11 is 0. The Morgan fingerprint density at radius 1 is 1.00 bits per heavy atom. The van der Waals surface area contributed by atoms with Crippen molar-refractivity contribution in [3.63, 3.8) is 0 Å². The third-order valence-corrected chi connectivity index (χ3v) is 3.43. The smallest absolute Gasteiger partial charge is 0.0872 e. The van der Waals surface area contributed by atoms with Crippen LogP contribution in [0, 0.1) is 0 Å². The highest BCUT2D eigenvalue weighted by Crippen LogP contribution is 2.39. The van der Waals surface area contributed by atoms with Crippen LogP contribution in [0.3, 0.4) is 0 Å². The predicted molar refractivity (Wildman–Crippen MR) is 71.4 cm³/mol. The van der Waals surface area contributed by atoms with E-state index in [2.05, 4.69) is 42.5 Å². The van der Waals surface area contributed by atoms with Crippen LogP contribution in [0.25, 0.3) is 11.1 Å². The summed E-state index contributed by atoms with van der Waals surface area (Å²) in [5, 5.41) is 8.92. The molecule has 0 radical (unpaired) electrons. The number of aliphatic hydroxyl groups excluding tert-OH is 1. The van der Waals surface area contributed by atoms with Gasteiger partial charge in [0, 0.05) is 6.42 Å². The van der Waals surface area contributed by atoms with Gasteiger partial charge in [-0.2, -0.15) is 0 Å². The molecule has 2 nitrogen and oxygen atoms in total. The third-order valence-electron chi connectivity index (χ3n) is 3.43. The van der Waals surface area contributed by atoms with Gasteiger partial charge in [0.25, 0.3) is 0 Å². The molecule has 0 saturated heterocycles. The quantitative estimate of drug-likeness (QED) is 0.893. The molecule has 92 valence electrons. The van der Waals surface area contributed by atoms with E-state index in [1.165, 1.54) is 22.3 Å². The fourth-order valence-corrected chi connectivity index (χ4v) is 2.64. The predicted octanol–water partition coefficient (Wildman–Crippen LogP) is 2.96. The number of aliphatic hydroxyl groups is 1. The van der Waals surface area contributed by atoms with E-state index in [0.29, 0.717) is 6.61 Å². The Kier molecular flexibility index (Phi) is 3.13. The first kappa shape index (κ1) is 11.5. The van der Waals surface area contributed by atoms with Crippen molar-refractivity contribution in [2.45, 2.75) is 12.5 Å². The summed E-state index contributed by atoms with van der Waals surface area (Å²) in [4.78, 5) is 0. The second-order valence-electron chi connectivity index (χ2n) is 4.53. The summed E-state index contributed by atoms with van der Waals surface area (Å²) in [7, 11) is 0. The van der Waals surface area contributed by atoms with Crippen LogP contribution in [-0.4, -0.2) is 18.3 Å². The van der Waals surface area contributed by atoms with Gasteiger partial charge in [0.2, 0.25) is 0 Å². The largest absolute Gasteiger partial charge is 0.394 e. The highest BCUT2D eigenvalue weighted by atomic mass is 16.5. The van der Waals surface area contributed by atoms with Gasteiger partial charge in [-0.15, -0.1) is 0 Å². The van der Waals surface area contributed by atoms with Crippen molar-refractivity contribution in [1.82, 2.24) is 0 Å². The lowest BCUT2D eigenvalue weighted by molar-refractivity contribution is 0.0275. The van der Waals surface area contributed by atoms with E-state index in [9.17, 15) is 0 Å². The fraction of sp³-hybridized carbons (Fsp3) is 0.250. The molecule has 1 aliphatic rings. The standard InChI is InChI=1S/C16H16O2/c17-9-10-18-16-11-12-5-1-2-6-13(12)14-7-3-4-8-15(14)16/h1-8,16-17H,9-11H2. The van der Waals surface area contributed by atoms with Crippen LogP contribution >= 0.6 is 0 Å². The summed E-state index contributed by atoms with van der Waals surface area (Å²) in [6.07, 6.45) is 0.941. The van der Waals surface area contributed by atoms with Crippen molar-refractivity contribution in [3.8, 4) is 11.1 Å². The van der Waals surface area contributed by atoms with Crippen LogP contribution in [0.15, 0.2) is 48.5 Å². The van der Waals surface area contributed by atoms with Gasteiger partial charge in [0.1, 0.15) is 0 Å². The molecule has 0 amide bonds. The van der Waals surface area contributed by atoms with E-state index in [1.807, 2.05) is 6.07 Å². The van der Waals surface area contributed by atoms with Crippen LogP contribution in [0.2, 0.25) is 0 Å². The minimum absolute atomic E-state index is 0.0586. The molecule has 0 aliphatic heterocycles. The molecule has 1 aliphatic carbocycles. The van der Waals surface area contributed by atoms with Crippen molar-refractivity contribution in [3.05, 3.63) is 59.7 Å². The number of fused-ring (bicyclic) bond motifs is 3. The monoisotopic (exact) mass is 240 g/mol. The molecule has 1 atom stereocenters. The van der Waals surface area contributed by atoms with E-state index in [1.54, 1.807) is 0 Å². The molecule has 1 unspecified atom stereocenters. The van der Waals surface area contributed by atoms with Crippen molar-refractivity contribution in [1.29, 1.82) is 0 Å². The van der Waals surface area contributed by atoms with Crippen LogP contribution in [-0.2, 0) is 11.2 Å². The third kappa shape index (κ3) is 1.94. The average Bonchev–Trinajstić information content (AvgIpc) is 2.45. The normalized spacial score (nSPS) is 17.1. The van der Waals surface area contributed by atoms with Crippen LogP contribution < -0.4 is 0 Å². The lowest BCUT2D eigenvalue weighted by Gasteiger charge is -2.27. The van der Waals surface area contributed by atoms with Crippen LogP contribution in [0.1, 0.15) is 17.2 Å². The van der Waals surface area contributed by atoms with E-state index in [4.69, 9.17) is 9.84 Å². The summed E-state index contributed by atoms with van der Waals surface area (Å²) < 4.78 is 5.77. The van der Waals surface area contributed by atoms with E-state index in [0.717, 1.165) is 6.42 Å².